The Kier molecular flexibility index (Phi) is 6.21. The lowest BCUT2D eigenvalue weighted by atomic mass is 10.2. The fraction of sp³-hybridized carbons (Fsp3) is 0.0625. The van der Waals surface area contributed by atoms with E-state index in [0.717, 1.165) is 18.3 Å². The summed E-state index contributed by atoms with van der Waals surface area (Å²) in [5.74, 6) is -1.33. The Bertz CT molecular complexity index is 858. The van der Waals surface area contributed by atoms with Crippen LogP contribution < -0.4 is 15.8 Å². The molecule has 10 nitrogen and oxygen atoms in total. The number of nitro groups is 1. The van der Waals surface area contributed by atoms with Crippen molar-refractivity contribution in [3.63, 3.8) is 0 Å². The lowest BCUT2D eigenvalue weighted by molar-refractivity contribution is -0.398. The maximum Gasteiger partial charge on any atom is 0.262 e. The summed E-state index contributed by atoms with van der Waals surface area (Å²) in [7, 11) is 0. The summed E-state index contributed by atoms with van der Waals surface area (Å²) < 4.78 is 5.01. The van der Waals surface area contributed by atoms with Crippen molar-refractivity contribution in [2.45, 2.75) is 0 Å². The second kappa shape index (κ2) is 8.78. The van der Waals surface area contributed by atoms with Gasteiger partial charge in [0.05, 0.1) is 23.9 Å². The zero-order valence-corrected chi connectivity index (χ0v) is 13.2. The van der Waals surface area contributed by atoms with Gasteiger partial charge in [-0.2, -0.15) is 5.10 Å². The molecular formula is C16H13N4O6-. The van der Waals surface area contributed by atoms with E-state index in [4.69, 9.17) is 4.42 Å². The van der Waals surface area contributed by atoms with Crippen LogP contribution in [0.25, 0.3) is 6.08 Å². The summed E-state index contributed by atoms with van der Waals surface area (Å²) in [5, 5.41) is 27.9. The highest BCUT2D eigenvalue weighted by Crippen LogP contribution is 2.22. The van der Waals surface area contributed by atoms with Crippen LogP contribution in [0.5, 0.6) is 5.75 Å². The van der Waals surface area contributed by atoms with E-state index < -0.39 is 28.2 Å². The molecule has 0 atom stereocenters. The van der Waals surface area contributed by atoms with E-state index in [2.05, 4.69) is 15.8 Å². The number of carbonyl (C=O) groups excluding carboxylic acids is 2. The van der Waals surface area contributed by atoms with Gasteiger partial charge in [-0.15, -0.1) is 0 Å². The maximum absolute atomic E-state index is 11.6. The number of hydrogen-bond acceptors (Lipinski definition) is 7. The number of carbonyl (C=O) groups is 2. The number of nitrogens with one attached hydrogen (secondary N) is 2. The predicted molar refractivity (Wildman–Crippen MR) is 89.0 cm³/mol. The number of hydrogen-bond donors (Lipinski definition) is 2. The minimum Gasteiger partial charge on any atom is -0.868 e. The van der Waals surface area contributed by atoms with Gasteiger partial charge in [0.2, 0.25) is 5.91 Å². The molecule has 0 aliphatic carbocycles. The monoisotopic (exact) mass is 357 g/mol. The van der Waals surface area contributed by atoms with Crippen LogP contribution >= 0.6 is 0 Å². The van der Waals surface area contributed by atoms with Crippen LogP contribution in [0.15, 0.2) is 52.2 Å². The molecule has 0 bridgehead atoms. The van der Waals surface area contributed by atoms with Crippen molar-refractivity contribution in [1.29, 1.82) is 0 Å². The Hall–Kier alpha value is -3.95. The van der Waals surface area contributed by atoms with Gasteiger partial charge in [-0.1, -0.05) is 12.1 Å². The summed E-state index contributed by atoms with van der Waals surface area (Å²) in [5.41, 5.74) is 1.82. The number of furan rings is 1. The number of hydrazone groups is 1. The number of nitrogens with zero attached hydrogens (tertiary/aromatic N) is 2. The molecule has 1 aromatic carbocycles. The number of nitro benzene ring substituents is 1. The third-order valence-corrected chi connectivity index (χ3v) is 2.95. The van der Waals surface area contributed by atoms with Crippen molar-refractivity contribution < 1.29 is 24.0 Å². The molecule has 0 aliphatic heterocycles. The number of benzene rings is 1. The van der Waals surface area contributed by atoms with Gasteiger partial charge < -0.3 is 14.8 Å². The zero-order chi connectivity index (χ0) is 18.9. The molecule has 0 saturated heterocycles. The van der Waals surface area contributed by atoms with Crippen LogP contribution in [0.4, 0.5) is 5.69 Å². The van der Waals surface area contributed by atoms with E-state index in [1.807, 2.05) is 0 Å². The summed E-state index contributed by atoms with van der Waals surface area (Å²) in [6.07, 6.45) is 5.25. The average Bonchev–Trinajstić information content (AvgIpc) is 3.13. The highest BCUT2D eigenvalue weighted by Gasteiger charge is 2.07. The van der Waals surface area contributed by atoms with Crippen LogP contribution in [-0.4, -0.2) is 29.5 Å². The summed E-state index contributed by atoms with van der Waals surface area (Å²) in [6, 6.07) is 6.73. The van der Waals surface area contributed by atoms with E-state index in [-0.39, 0.29) is 12.1 Å². The van der Waals surface area contributed by atoms with Gasteiger partial charge in [-0.25, -0.2) is 5.43 Å². The molecule has 134 valence electrons. The molecule has 0 spiro atoms. The Balaban J connectivity index is 1.79. The van der Waals surface area contributed by atoms with E-state index in [9.17, 15) is 24.8 Å². The van der Waals surface area contributed by atoms with Gasteiger partial charge in [0.1, 0.15) is 5.76 Å². The molecule has 0 fully saturated rings. The molecular weight excluding hydrogens is 344 g/mol. The average molecular weight is 357 g/mol. The Morgan fingerprint density at radius 1 is 1.31 bits per heavy atom. The molecule has 26 heavy (non-hydrogen) atoms. The quantitative estimate of drug-likeness (QED) is 0.319. The zero-order valence-electron chi connectivity index (χ0n) is 13.2. The summed E-state index contributed by atoms with van der Waals surface area (Å²) in [6.45, 7) is -0.321. The van der Waals surface area contributed by atoms with Gasteiger partial charge >= 0.3 is 0 Å². The van der Waals surface area contributed by atoms with Crippen LogP contribution in [-0.2, 0) is 9.59 Å². The second-order valence-electron chi connectivity index (χ2n) is 4.84. The molecule has 1 aromatic heterocycles. The first-order valence-corrected chi connectivity index (χ1v) is 7.22. The standard InChI is InChI=1S/C16H14N4O6/c21-14-5-3-11(8-13(14)20(24)25)9-18-19-16(23)10-17-15(22)6-4-12-2-1-7-26-12/h1-9,21H,10H2,(H,17,22)(H,19,23)/p-1/b6-4+,18-9-. The van der Waals surface area contributed by atoms with Crippen molar-refractivity contribution >= 4 is 29.8 Å². The smallest absolute Gasteiger partial charge is 0.262 e. The van der Waals surface area contributed by atoms with Gasteiger partial charge in [0.25, 0.3) is 11.6 Å². The lowest BCUT2D eigenvalue weighted by Gasteiger charge is -2.06. The van der Waals surface area contributed by atoms with Gasteiger partial charge in [-0.3, -0.25) is 19.7 Å². The van der Waals surface area contributed by atoms with Crippen molar-refractivity contribution in [1.82, 2.24) is 10.7 Å². The van der Waals surface area contributed by atoms with Crippen LogP contribution in [0.2, 0.25) is 0 Å². The SMILES string of the molecule is O=C(/C=C/c1ccco1)NCC(=O)N/N=C\c1ccc([O-])c([N+](=O)[O-])c1. The van der Waals surface area contributed by atoms with E-state index >= 15 is 0 Å². The van der Waals surface area contributed by atoms with Crippen LogP contribution in [0.3, 0.4) is 0 Å². The molecule has 10 heteroatoms. The van der Waals surface area contributed by atoms with Crippen LogP contribution in [0.1, 0.15) is 11.3 Å². The minimum absolute atomic E-state index is 0.266. The molecule has 1 heterocycles. The Morgan fingerprint density at radius 3 is 2.81 bits per heavy atom. The lowest BCUT2D eigenvalue weighted by Crippen LogP contribution is -2.34. The highest BCUT2D eigenvalue weighted by atomic mass is 16.6. The van der Waals surface area contributed by atoms with Gasteiger partial charge in [-0.05, 0) is 24.0 Å². The van der Waals surface area contributed by atoms with Crippen LogP contribution in [0, 0.1) is 10.1 Å². The van der Waals surface area contributed by atoms with E-state index in [1.54, 1.807) is 12.1 Å². The third kappa shape index (κ3) is 5.60. The molecule has 2 rings (SSSR count). The maximum atomic E-state index is 11.6. The van der Waals surface area contributed by atoms with E-state index in [1.165, 1.54) is 24.5 Å². The molecule has 0 aliphatic rings. The highest BCUT2D eigenvalue weighted by molar-refractivity contribution is 5.94. The first kappa shape index (κ1) is 18.4. The fourth-order valence-corrected chi connectivity index (χ4v) is 1.75. The molecule has 0 radical (unpaired) electrons. The summed E-state index contributed by atoms with van der Waals surface area (Å²) in [4.78, 5) is 33.0. The van der Waals surface area contributed by atoms with E-state index in [0.29, 0.717) is 5.76 Å². The largest absolute Gasteiger partial charge is 0.868 e. The fourth-order valence-electron chi connectivity index (χ4n) is 1.75. The van der Waals surface area contributed by atoms with Gasteiger partial charge in [0, 0.05) is 17.7 Å². The Labute approximate surface area is 147 Å². The summed E-state index contributed by atoms with van der Waals surface area (Å²) >= 11 is 0. The normalized spacial score (nSPS) is 10.9. The third-order valence-electron chi connectivity index (χ3n) is 2.95. The minimum atomic E-state index is -0.802. The number of rotatable bonds is 7. The molecule has 2 aromatic rings. The van der Waals surface area contributed by atoms with Gasteiger partial charge in [0.15, 0.2) is 0 Å². The molecule has 2 amide bonds. The molecule has 0 saturated carbocycles. The predicted octanol–water partition coefficient (Wildman–Crippen LogP) is 0.541. The van der Waals surface area contributed by atoms with Crippen molar-refractivity contribution in [3.05, 3.63) is 64.1 Å². The van der Waals surface area contributed by atoms with Crippen molar-refractivity contribution in [2.75, 3.05) is 6.54 Å². The second-order valence-corrected chi connectivity index (χ2v) is 4.84. The number of amides is 2. The van der Waals surface area contributed by atoms with Crippen molar-refractivity contribution in [3.8, 4) is 5.75 Å². The topological polar surface area (TPSA) is 150 Å². The Morgan fingerprint density at radius 2 is 2.12 bits per heavy atom. The van der Waals surface area contributed by atoms with Crippen molar-refractivity contribution in [2.24, 2.45) is 5.10 Å². The molecule has 2 N–H and O–H groups in total. The molecule has 0 unspecified atom stereocenters. The first-order valence-electron chi connectivity index (χ1n) is 7.22. The first-order chi connectivity index (χ1) is 12.5.